The van der Waals surface area contributed by atoms with Crippen molar-refractivity contribution in [1.29, 1.82) is 0 Å². The van der Waals surface area contributed by atoms with Crippen molar-refractivity contribution in [2.24, 2.45) is 5.92 Å². The van der Waals surface area contributed by atoms with Crippen molar-refractivity contribution in [3.05, 3.63) is 22.7 Å². The summed E-state index contributed by atoms with van der Waals surface area (Å²) in [6.07, 6.45) is 3.87. The summed E-state index contributed by atoms with van der Waals surface area (Å²) in [5, 5.41) is 4.16. The van der Waals surface area contributed by atoms with Crippen LogP contribution in [0.3, 0.4) is 0 Å². The number of hydrogen-bond donors (Lipinski definition) is 1. The quantitative estimate of drug-likeness (QED) is 0.913. The van der Waals surface area contributed by atoms with Crippen molar-refractivity contribution in [2.45, 2.75) is 25.3 Å². The van der Waals surface area contributed by atoms with E-state index in [1.807, 2.05) is 19.2 Å². The average molecular weight is 268 g/mol. The van der Waals surface area contributed by atoms with Gasteiger partial charge in [-0.1, -0.05) is 18.0 Å². The largest absolute Gasteiger partial charge is 0.486 e. The Morgan fingerprint density at radius 3 is 2.44 bits per heavy atom. The second-order valence-corrected chi connectivity index (χ2v) is 5.38. The van der Waals surface area contributed by atoms with E-state index in [2.05, 4.69) is 5.32 Å². The van der Waals surface area contributed by atoms with Crippen LogP contribution in [-0.2, 0) is 0 Å². The number of rotatable bonds is 3. The van der Waals surface area contributed by atoms with Crippen molar-refractivity contribution in [3.63, 3.8) is 0 Å². The molecule has 0 radical (unpaired) electrons. The highest BCUT2D eigenvalue weighted by atomic mass is 35.5. The molecule has 1 aliphatic carbocycles. The van der Waals surface area contributed by atoms with Gasteiger partial charge in [-0.2, -0.15) is 0 Å². The minimum absolute atomic E-state index is 0.321. The topological polar surface area (TPSA) is 30.5 Å². The van der Waals surface area contributed by atoms with Crippen LogP contribution in [0.2, 0.25) is 5.02 Å². The smallest absolute Gasteiger partial charge is 0.162 e. The van der Waals surface area contributed by atoms with Gasteiger partial charge in [0.15, 0.2) is 11.5 Å². The lowest BCUT2D eigenvalue weighted by molar-refractivity contribution is 0.170. The summed E-state index contributed by atoms with van der Waals surface area (Å²) < 4.78 is 11.2. The molecule has 3 nitrogen and oxygen atoms in total. The summed E-state index contributed by atoms with van der Waals surface area (Å²) in [6.45, 7) is 1.21. The van der Waals surface area contributed by atoms with Crippen LogP contribution in [0.5, 0.6) is 11.5 Å². The van der Waals surface area contributed by atoms with Crippen LogP contribution in [0, 0.1) is 5.92 Å². The van der Waals surface area contributed by atoms with Crippen LogP contribution in [0.15, 0.2) is 12.1 Å². The second-order valence-electron chi connectivity index (χ2n) is 4.97. The monoisotopic (exact) mass is 267 g/mol. The van der Waals surface area contributed by atoms with E-state index < -0.39 is 0 Å². The fourth-order valence-electron chi connectivity index (χ4n) is 2.74. The number of benzene rings is 1. The number of hydrogen-bond acceptors (Lipinski definition) is 3. The van der Waals surface area contributed by atoms with E-state index in [1.165, 1.54) is 19.3 Å². The predicted octanol–water partition coefficient (Wildman–Crippen LogP) is 3.17. The lowest BCUT2D eigenvalue weighted by atomic mass is 9.77. The maximum Gasteiger partial charge on any atom is 0.162 e. The second kappa shape index (κ2) is 4.98. The van der Waals surface area contributed by atoms with Gasteiger partial charge < -0.3 is 14.8 Å². The summed E-state index contributed by atoms with van der Waals surface area (Å²) in [4.78, 5) is 0. The standard InChI is InChI=1S/C14H18ClNO2/c1-16-14(9-3-2-4-9)10-7-12-13(8-11(10)15)18-6-5-17-12/h7-9,14,16H,2-6H2,1H3. The molecular formula is C14H18ClNO2. The van der Waals surface area contributed by atoms with Crippen LogP contribution >= 0.6 is 11.6 Å². The molecule has 1 fully saturated rings. The molecule has 1 aromatic rings. The van der Waals surface area contributed by atoms with E-state index >= 15 is 0 Å². The fraction of sp³-hybridized carbons (Fsp3) is 0.571. The van der Waals surface area contributed by atoms with Gasteiger partial charge in [0.05, 0.1) is 0 Å². The highest BCUT2D eigenvalue weighted by Gasteiger charge is 2.30. The van der Waals surface area contributed by atoms with Gasteiger partial charge in [-0.25, -0.2) is 0 Å². The van der Waals surface area contributed by atoms with E-state index in [4.69, 9.17) is 21.1 Å². The Morgan fingerprint density at radius 1 is 1.22 bits per heavy atom. The molecule has 1 aliphatic heterocycles. The summed E-state index contributed by atoms with van der Waals surface area (Å²) in [7, 11) is 2.00. The van der Waals surface area contributed by atoms with Gasteiger partial charge in [-0.15, -0.1) is 0 Å². The van der Waals surface area contributed by atoms with Crippen molar-refractivity contribution in [2.75, 3.05) is 20.3 Å². The molecule has 0 amide bonds. The lowest BCUT2D eigenvalue weighted by Crippen LogP contribution is -2.30. The van der Waals surface area contributed by atoms with Crippen molar-refractivity contribution in [3.8, 4) is 11.5 Å². The average Bonchev–Trinajstić information content (AvgIpc) is 2.33. The molecule has 1 aromatic carbocycles. The fourth-order valence-corrected chi connectivity index (χ4v) is 3.01. The Morgan fingerprint density at radius 2 is 1.89 bits per heavy atom. The maximum absolute atomic E-state index is 6.38. The van der Waals surface area contributed by atoms with Gasteiger partial charge in [-0.05, 0) is 37.4 Å². The number of ether oxygens (including phenoxy) is 2. The normalized spacial score (nSPS) is 20.3. The van der Waals surface area contributed by atoms with Gasteiger partial charge in [0.25, 0.3) is 0 Å². The molecule has 98 valence electrons. The first-order valence-corrected chi connectivity index (χ1v) is 6.93. The molecule has 1 heterocycles. The molecule has 18 heavy (non-hydrogen) atoms. The Hall–Kier alpha value is -0.930. The van der Waals surface area contributed by atoms with E-state index in [0.717, 1.165) is 22.1 Å². The number of halogens is 1. The molecule has 0 bridgehead atoms. The van der Waals surface area contributed by atoms with Gasteiger partial charge in [0, 0.05) is 17.1 Å². The molecule has 3 rings (SSSR count). The molecule has 0 saturated heterocycles. The Kier molecular flexibility index (Phi) is 3.35. The third kappa shape index (κ3) is 2.06. The molecule has 1 saturated carbocycles. The molecule has 1 unspecified atom stereocenters. The molecule has 0 aromatic heterocycles. The minimum atomic E-state index is 0.321. The van der Waals surface area contributed by atoms with Crippen LogP contribution in [-0.4, -0.2) is 20.3 Å². The van der Waals surface area contributed by atoms with Crippen LogP contribution in [0.1, 0.15) is 30.9 Å². The molecule has 1 N–H and O–H groups in total. The van der Waals surface area contributed by atoms with E-state index in [1.54, 1.807) is 0 Å². The van der Waals surface area contributed by atoms with Crippen LogP contribution in [0.4, 0.5) is 0 Å². The minimum Gasteiger partial charge on any atom is -0.486 e. The number of nitrogens with one attached hydrogen (secondary N) is 1. The van der Waals surface area contributed by atoms with Crippen LogP contribution in [0.25, 0.3) is 0 Å². The summed E-state index contributed by atoms with van der Waals surface area (Å²) in [5.74, 6) is 2.27. The van der Waals surface area contributed by atoms with Crippen molar-refractivity contribution in [1.82, 2.24) is 5.32 Å². The van der Waals surface area contributed by atoms with E-state index in [-0.39, 0.29) is 0 Å². The zero-order chi connectivity index (χ0) is 12.5. The molecule has 1 atom stereocenters. The lowest BCUT2D eigenvalue weighted by Gasteiger charge is -2.35. The molecule has 0 spiro atoms. The Balaban J connectivity index is 1.94. The van der Waals surface area contributed by atoms with Crippen molar-refractivity contribution >= 4 is 11.6 Å². The third-order valence-corrected chi connectivity index (χ3v) is 4.26. The van der Waals surface area contributed by atoms with Gasteiger partial charge in [0.2, 0.25) is 0 Å². The molecule has 4 heteroatoms. The first-order valence-electron chi connectivity index (χ1n) is 6.56. The highest BCUT2D eigenvalue weighted by molar-refractivity contribution is 6.31. The maximum atomic E-state index is 6.38. The van der Waals surface area contributed by atoms with Gasteiger partial charge in [-0.3, -0.25) is 0 Å². The van der Waals surface area contributed by atoms with E-state index in [0.29, 0.717) is 25.2 Å². The highest BCUT2D eigenvalue weighted by Crippen LogP contribution is 2.43. The number of fused-ring (bicyclic) bond motifs is 1. The SMILES string of the molecule is CNC(c1cc2c(cc1Cl)OCCO2)C1CCC1. The van der Waals surface area contributed by atoms with Gasteiger partial charge in [0.1, 0.15) is 13.2 Å². The summed E-state index contributed by atoms with van der Waals surface area (Å²) in [5.41, 5.74) is 1.13. The first kappa shape index (κ1) is 12.1. The molecular weight excluding hydrogens is 250 g/mol. The van der Waals surface area contributed by atoms with E-state index in [9.17, 15) is 0 Å². The first-order chi connectivity index (χ1) is 8.79. The zero-order valence-corrected chi connectivity index (χ0v) is 11.3. The Bertz CT molecular complexity index is 446. The van der Waals surface area contributed by atoms with Crippen LogP contribution < -0.4 is 14.8 Å². The third-order valence-electron chi connectivity index (χ3n) is 3.93. The van der Waals surface area contributed by atoms with Gasteiger partial charge >= 0.3 is 0 Å². The van der Waals surface area contributed by atoms with Crippen molar-refractivity contribution < 1.29 is 9.47 Å². The summed E-state index contributed by atoms with van der Waals surface area (Å²) in [6, 6.07) is 4.24. The summed E-state index contributed by atoms with van der Waals surface area (Å²) >= 11 is 6.38. The Labute approximate surface area is 112 Å². The molecule has 2 aliphatic rings. The predicted molar refractivity (Wildman–Crippen MR) is 71.6 cm³/mol. The zero-order valence-electron chi connectivity index (χ0n) is 10.5.